The van der Waals surface area contributed by atoms with E-state index in [-0.39, 0.29) is 11.3 Å². The molecule has 1 aromatic rings. The summed E-state index contributed by atoms with van der Waals surface area (Å²) in [5.41, 5.74) is 1.89. The number of carboxylic acid groups (broad SMARTS) is 1. The van der Waals surface area contributed by atoms with Gasteiger partial charge in [-0.3, -0.25) is 5.41 Å². The third-order valence-electron chi connectivity index (χ3n) is 1.80. The third kappa shape index (κ3) is 2.63. The highest BCUT2D eigenvalue weighted by Crippen LogP contribution is 2.04. The van der Waals surface area contributed by atoms with Crippen molar-refractivity contribution in [1.82, 2.24) is 5.43 Å². The molecule has 84 valence electrons. The minimum Gasteiger partial charge on any atom is -0.476 e. The van der Waals surface area contributed by atoms with Gasteiger partial charge in [-0.25, -0.2) is 9.18 Å². The zero-order valence-electron chi connectivity index (χ0n) is 8.49. The molecule has 0 aliphatic carbocycles. The maximum absolute atomic E-state index is 12.6. The quantitative estimate of drug-likeness (QED) is 0.522. The Morgan fingerprint density at radius 2 is 2.00 bits per heavy atom. The van der Waals surface area contributed by atoms with Crippen LogP contribution in [-0.2, 0) is 4.79 Å². The fourth-order valence-electron chi connectivity index (χ4n) is 1.08. The number of aliphatic carboxylic acids is 1. The zero-order valence-corrected chi connectivity index (χ0v) is 8.49. The first-order valence-corrected chi connectivity index (χ1v) is 4.39. The van der Waals surface area contributed by atoms with Crippen LogP contribution in [0.2, 0.25) is 0 Å². The molecule has 0 amide bonds. The second kappa shape index (κ2) is 5.01. The Bertz CT molecular complexity index is 440. The van der Waals surface area contributed by atoms with Gasteiger partial charge >= 0.3 is 5.97 Å². The van der Waals surface area contributed by atoms with Gasteiger partial charge in [0, 0.05) is 12.6 Å². The topological polar surface area (TPSA) is 85.5 Å². The molecule has 5 nitrogen and oxygen atoms in total. The lowest BCUT2D eigenvalue weighted by Gasteiger charge is -2.03. The number of hydrazone groups is 1. The molecule has 0 saturated heterocycles. The molecule has 3 N–H and O–H groups in total. The summed E-state index contributed by atoms with van der Waals surface area (Å²) in [4.78, 5) is 10.8. The lowest BCUT2D eigenvalue weighted by molar-refractivity contribution is -0.129. The summed E-state index contributed by atoms with van der Waals surface area (Å²) in [6, 6.07) is 4.96. The van der Waals surface area contributed by atoms with E-state index < -0.39 is 17.5 Å². The van der Waals surface area contributed by atoms with Crippen LogP contribution in [0.4, 0.5) is 4.39 Å². The van der Waals surface area contributed by atoms with Gasteiger partial charge in [-0.2, -0.15) is 5.10 Å². The van der Waals surface area contributed by atoms with Crippen LogP contribution < -0.4 is 5.43 Å². The van der Waals surface area contributed by atoms with Crippen LogP contribution in [0.3, 0.4) is 0 Å². The van der Waals surface area contributed by atoms with Crippen LogP contribution >= 0.6 is 0 Å². The zero-order chi connectivity index (χ0) is 12.1. The molecule has 0 heterocycles. The Morgan fingerprint density at radius 3 is 2.44 bits per heavy atom. The van der Waals surface area contributed by atoms with Crippen molar-refractivity contribution in [1.29, 1.82) is 5.41 Å². The van der Waals surface area contributed by atoms with E-state index in [9.17, 15) is 9.18 Å². The Labute approximate surface area is 91.1 Å². The molecule has 0 unspecified atom stereocenters. The van der Waals surface area contributed by atoms with Crippen molar-refractivity contribution < 1.29 is 14.3 Å². The molecular formula is C10H10FN3O2. The van der Waals surface area contributed by atoms with Crippen molar-refractivity contribution in [3.05, 3.63) is 35.6 Å². The molecule has 0 bridgehead atoms. The summed E-state index contributed by atoms with van der Waals surface area (Å²) in [6.45, 7) is 0. The van der Waals surface area contributed by atoms with E-state index in [4.69, 9.17) is 10.5 Å². The van der Waals surface area contributed by atoms with Crippen molar-refractivity contribution >= 4 is 17.4 Å². The van der Waals surface area contributed by atoms with E-state index in [0.29, 0.717) is 0 Å². The van der Waals surface area contributed by atoms with Gasteiger partial charge in [0.1, 0.15) is 5.82 Å². The summed E-state index contributed by atoms with van der Waals surface area (Å²) in [5.74, 6) is -1.76. The van der Waals surface area contributed by atoms with Crippen molar-refractivity contribution in [2.24, 2.45) is 5.10 Å². The van der Waals surface area contributed by atoms with E-state index in [1.165, 1.54) is 19.2 Å². The van der Waals surface area contributed by atoms with Gasteiger partial charge in [0.15, 0.2) is 5.71 Å². The highest BCUT2D eigenvalue weighted by atomic mass is 19.1. The molecule has 0 fully saturated rings. The minimum absolute atomic E-state index is 0.276. The number of benzene rings is 1. The highest BCUT2D eigenvalue weighted by Gasteiger charge is 2.17. The Morgan fingerprint density at radius 1 is 1.44 bits per heavy atom. The predicted octanol–water partition coefficient (Wildman–Crippen LogP) is 0.854. The fraction of sp³-hybridized carbons (Fsp3) is 0.100. The smallest absolute Gasteiger partial charge is 0.358 e. The van der Waals surface area contributed by atoms with Gasteiger partial charge < -0.3 is 10.5 Å². The molecule has 0 saturated carbocycles. The Hall–Kier alpha value is -2.24. The monoisotopic (exact) mass is 223 g/mol. The van der Waals surface area contributed by atoms with E-state index >= 15 is 0 Å². The Balaban J connectivity index is 3.05. The average molecular weight is 223 g/mol. The van der Waals surface area contributed by atoms with Crippen molar-refractivity contribution in [2.45, 2.75) is 0 Å². The maximum Gasteiger partial charge on any atom is 0.358 e. The molecule has 0 aromatic heterocycles. The van der Waals surface area contributed by atoms with Gasteiger partial charge in [-0.05, 0) is 24.3 Å². The molecule has 0 atom stereocenters. The van der Waals surface area contributed by atoms with Gasteiger partial charge in [0.05, 0.1) is 5.71 Å². The summed E-state index contributed by atoms with van der Waals surface area (Å²) in [5, 5.41) is 19.9. The lowest BCUT2D eigenvalue weighted by Crippen LogP contribution is -2.26. The van der Waals surface area contributed by atoms with Crippen molar-refractivity contribution in [3.8, 4) is 0 Å². The van der Waals surface area contributed by atoms with E-state index in [1.807, 2.05) is 0 Å². The number of nitrogens with one attached hydrogen (secondary N) is 2. The molecule has 16 heavy (non-hydrogen) atoms. The van der Waals surface area contributed by atoms with Gasteiger partial charge in [-0.1, -0.05) is 0 Å². The number of halogens is 1. The maximum atomic E-state index is 12.6. The van der Waals surface area contributed by atoms with Crippen molar-refractivity contribution in [2.75, 3.05) is 7.05 Å². The molecule has 0 aliphatic rings. The van der Waals surface area contributed by atoms with Crippen LogP contribution in [0.5, 0.6) is 0 Å². The molecule has 1 rings (SSSR count). The summed E-state index contributed by atoms with van der Waals surface area (Å²) in [6.07, 6.45) is 0. The normalized spacial score (nSPS) is 11.0. The van der Waals surface area contributed by atoms with Crippen LogP contribution in [0.25, 0.3) is 0 Å². The van der Waals surface area contributed by atoms with Crippen LogP contribution in [-0.4, -0.2) is 29.5 Å². The lowest BCUT2D eigenvalue weighted by atomic mass is 10.1. The van der Waals surface area contributed by atoms with Gasteiger partial charge in [0.2, 0.25) is 0 Å². The second-order valence-electron chi connectivity index (χ2n) is 2.87. The summed E-state index contributed by atoms with van der Waals surface area (Å²) < 4.78 is 12.6. The average Bonchev–Trinajstić information content (AvgIpc) is 2.25. The van der Waals surface area contributed by atoms with E-state index in [1.54, 1.807) is 0 Å². The van der Waals surface area contributed by atoms with E-state index in [2.05, 4.69) is 10.5 Å². The largest absolute Gasteiger partial charge is 0.476 e. The van der Waals surface area contributed by atoms with Crippen LogP contribution in [0.15, 0.2) is 29.4 Å². The number of nitrogens with zero attached hydrogens (tertiary/aromatic N) is 1. The number of carbonyl (C=O) groups is 1. The predicted molar refractivity (Wildman–Crippen MR) is 57.4 cm³/mol. The molecule has 0 aliphatic heterocycles. The third-order valence-corrected chi connectivity index (χ3v) is 1.80. The summed E-state index contributed by atoms with van der Waals surface area (Å²) in [7, 11) is 1.43. The first-order chi connectivity index (χ1) is 7.56. The minimum atomic E-state index is -1.32. The molecule has 1 aromatic carbocycles. The van der Waals surface area contributed by atoms with Crippen LogP contribution in [0.1, 0.15) is 5.56 Å². The highest BCUT2D eigenvalue weighted by molar-refractivity contribution is 6.67. The molecule has 6 heteroatoms. The van der Waals surface area contributed by atoms with Gasteiger partial charge in [0.25, 0.3) is 0 Å². The second-order valence-corrected chi connectivity index (χ2v) is 2.87. The molecule has 0 spiro atoms. The van der Waals surface area contributed by atoms with Crippen molar-refractivity contribution in [3.63, 3.8) is 0 Å². The first-order valence-electron chi connectivity index (χ1n) is 4.39. The van der Waals surface area contributed by atoms with Gasteiger partial charge in [-0.15, -0.1) is 0 Å². The summed E-state index contributed by atoms with van der Waals surface area (Å²) >= 11 is 0. The van der Waals surface area contributed by atoms with E-state index in [0.717, 1.165) is 12.1 Å². The SMILES string of the molecule is CN/N=C(\C(=N)c1ccc(F)cc1)C(=O)O. The van der Waals surface area contributed by atoms with Crippen LogP contribution in [0, 0.1) is 11.2 Å². The Kier molecular flexibility index (Phi) is 3.71. The first kappa shape index (κ1) is 11.8. The fourth-order valence-corrected chi connectivity index (χ4v) is 1.08. The molecule has 0 radical (unpaired) electrons. The number of carboxylic acids is 1. The standard InChI is InChI=1S/C10H10FN3O2/c1-13-14-9(10(15)16)8(12)6-2-4-7(11)5-3-6/h2-5,12-13H,1H3,(H,15,16)/b12-8?,14-9+. The molecular weight excluding hydrogens is 213 g/mol. The number of hydrogen-bond donors (Lipinski definition) is 3. The number of hydrogen-bond acceptors (Lipinski definition) is 4. The number of rotatable bonds is 4.